The molecule has 0 radical (unpaired) electrons. The molecule has 0 aromatic heterocycles. The molecule has 0 bridgehead atoms. The molecule has 0 spiro atoms. The highest BCUT2D eigenvalue weighted by Crippen LogP contribution is 2.27. The summed E-state index contributed by atoms with van der Waals surface area (Å²) in [5.74, 6) is 2.87. The molecule has 0 atom stereocenters. The molecular weight excluding hydrogens is 310 g/mol. The molecule has 25 heavy (non-hydrogen) atoms. The molecule has 0 fully saturated rings. The topological polar surface area (TPSA) is 30.5 Å². The highest BCUT2D eigenvalue weighted by atomic mass is 16.5. The van der Waals surface area contributed by atoms with E-state index >= 15 is 0 Å². The van der Waals surface area contributed by atoms with E-state index in [0.717, 1.165) is 30.3 Å². The minimum atomic E-state index is 0.457. The van der Waals surface area contributed by atoms with Crippen LogP contribution in [0.25, 0.3) is 0 Å². The number of ether oxygens (including phenoxy) is 2. The largest absolute Gasteiger partial charge is 0.493 e. The van der Waals surface area contributed by atoms with Gasteiger partial charge in [-0.05, 0) is 48.1 Å². The molecule has 0 saturated carbocycles. The third kappa shape index (κ3) is 6.33. The van der Waals surface area contributed by atoms with Gasteiger partial charge in [-0.25, -0.2) is 0 Å². The predicted molar refractivity (Wildman–Crippen MR) is 106 cm³/mol. The highest BCUT2D eigenvalue weighted by molar-refractivity contribution is 5.48. The molecule has 2 aromatic rings. The number of hydrogen-bond acceptors (Lipinski definition) is 3. The monoisotopic (exact) mass is 341 g/mol. The van der Waals surface area contributed by atoms with Crippen molar-refractivity contribution in [2.24, 2.45) is 5.92 Å². The number of anilines is 1. The molecule has 0 saturated heterocycles. The second kappa shape index (κ2) is 9.36. The molecule has 0 amide bonds. The van der Waals surface area contributed by atoms with E-state index in [4.69, 9.17) is 9.47 Å². The van der Waals surface area contributed by atoms with Crippen LogP contribution in [-0.2, 0) is 0 Å². The fourth-order valence-corrected chi connectivity index (χ4v) is 2.56. The zero-order chi connectivity index (χ0) is 18.2. The van der Waals surface area contributed by atoms with Crippen molar-refractivity contribution in [2.75, 3.05) is 25.1 Å². The van der Waals surface area contributed by atoms with Crippen molar-refractivity contribution in [3.05, 3.63) is 53.6 Å². The Balaban J connectivity index is 1.85. The Morgan fingerprint density at radius 1 is 0.960 bits per heavy atom. The van der Waals surface area contributed by atoms with Crippen LogP contribution in [0, 0.1) is 12.8 Å². The Hall–Kier alpha value is -2.16. The zero-order valence-corrected chi connectivity index (χ0v) is 16.1. The van der Waals surface area contributed by atoms with Crippen LogP contribution in [0.4, 0.5) is 5.69 Å². The van der Waals surface area contributed by atoms with E-state index in [0.29, 0.717) is 18.4 Å². The van der Waals surface area contributed by atoms with Crippen molar-refractivity contribution in [3.63, 3.8) is 0 Å². The van der Waals surface area contributed by atoms with E-state index in [1.165, 1.54) is 11.1 Å². The molecule has 0 aliphatic rings. The van der Waals surface area contributed by atoms with Crippen molar-refractivity contribution in [1.29, 1.82) is 0 Å². The predicted octanol–water partition coefficient (Wildman–Crippen LogP) is 5.64. The third-order valence-corrected chi connectivity index (χ3v) is 3.90. The molecular formula is C22H31NO2. The normalized spacial score (nSPS) is 11.0. The SMILES string of the molecule is Cc1ccc(C(C)C)c(OCCNc2cccc(OCC(C)C)c2)c1. The van der Waals surface area contributed by atoms with Crippen LogP contribution in [0.1, 0.15) is 44.7 Å². The zero-order valence-electron chi connectivity index (χ0n) is 16.1. The summed E-state index contributed by atoms with van der Waals surface area (Å²) in [6.07, 6.45) is 0. The number of hydrogen-bond donors (Lipinski definition) is 1. The molecule has 136 valence electrons. The van der Waals surface area contributed by atoms with Crippen molar-refractivity contribution >= 4 is 5.69 Å². The number of aryl methyl sites for hydroxylation is 1. The van der Waals surface area contributed by atoms with Crippen LogP contribution in [0.5, 0.6) is 11.5 Å². The van der Waals surface area contributed by atoms with Crippen LogP contribution in [-0.4, -0.2) is 19.8 Å². The fourth-order valence-electron chi connectivity index (χ4n) is 2.56. The van der Waals surface area contributed by atoms with Gasteiger partial charge in [0.15, 0.2) is 0 Å². The smallest absolute Gasteiger partial charge is 0.123 e. The molecule has 2 rings (SSSR count). The van der Waals surface area contributed by atoms with Gasteiger partial charge < -0.3 is 14.8 Å². The first-order valence-electron chi connectivity index (χ1n) is 9.15. The summed E-state index contributed by atoms with van der Waals surface area (Å²) >= 11 is 0. The maximum Gasteiger partial charge on any atom is 0.123 e. The lowest BCUT2D eigenvalue weighted by atomic mass is 10.0. The number of nitrogens with one attached hydrogen (secondary N) is 1. The van der Waals surface area contributed by atoms with E-state index in [2.05, 4.69) is 64.2 Å². The van der Waals surface area contributed by atoms with Crippen LogP contribution in [0.15, 0.2) is 42.5 Å². The van der Waals surface area contributed by atoms with Gasteiger partial charge in [0.1, 0.15) is 18.1 Å². The van der Waals surface area contributed by atoms with Crippen molar-refractivity contribution < 1.29 is 9.47 Å². The summed E-state index contributed by atoms with van der Waals surface area (Å²) in [4.78, 5) is 0. The summed E-state index contributed by atoms with van der Waals surface area (Å²) in [6.45, 7) is 12.9. The molecule has 3 nitrogen and oxygen atoms in total. The molecule has 3 heteroatoms. The average Bonchev–Trinajstić information content (AvgIpc) is 2.57. The lowest BCUT2D eigenvalue weighted by Gasteiger charge is -2.15. The summed E-state index contributed by atoms with van der Waals surface area (Å²) in [7, 11) is 0. The second-order valence-corrected chi connectivity index (χ2v) is 7.20. The van der Waals surface area contributed by atoms with Crippen LogP contribution < -0.4 is 14.8 Å². The summed E-state index contributed by atoms with van der Waals surface area (Å²) < 4.78 is 11.8. The lowest BCUT2D eigenvalue weighted by molar-refractivity contribution is 0.271. The van der Waals surface area contributed by atoms with E-state index in [-0.39, 0.29) is 0 Å². The fraction of sp³-hybridized carbons (Fsp3) is 0.455. The summed E-state index contributed by atoms with van der Waals surface area (Å²) in [6, 6.07) is 14.5. The molecule has 2 aromatic carbocycles. The first-order valence-corrected chi connectivity index (χ1v) is 9.15. The van der Waals surface area contributed by atoms with Crippen LogP contribution >= 0.6 is 0 Å². The highest BCUT2D eigenvalue weighted by Gasteiger charge is 2.08. The standard InChI is InChI=1S/C22H31NO2/c1-16(2)15-25-20-8-6-7-19(14-20)23-11-12-24-22-13-18(5)9-10-21(22)17(3)4/h6-10,13-14,16-17,23H,11-12,15H2,1-5H3. The maximum absolute atomic E-state index is 6.02. The summed E-state index contributed by atoms with van der Waals surface area (Å²) in [5.41, 5.74) is 3.54. The van der Waals surface area contributed by atoms with Gasteiger partial charge in [-0.15, -0.1) is 0 Å². The van der Waals surface area contributed by atoms with Crippen LogP contribution in [0.3, 0.4) is 0 Å². The van der Waals surface area contributed by atoms with Gasteiger partial charge >= 0.3 is 0 Å². The Kier molecular flexibility index (Phi) is 7.17. The van der Waals surface area contributed by atoms with Gasteiger partial charge in [0, 0.05) is 18.3 Å². The van der Waals surface area contributed by atoms with E-state index < -0.39 is 0 Å². The molecule has 1 N–H and O–H groups in total. The minimum Gasteiger partial charge on any atom is -0.493 e. The van der Waals surface area contributed by atoms with E-state index in [9.17, 15) is 0 Å². The third-order valence-electron chi connectivity index (χ3n) is 3.90. The van der Waals surface area contributed by atoms with Crippen molar-refractivity contribution in [3.8, 4) is 11.5 Å². The first kappa shape index (κ1) is 19.2. The van der Waals surface area contributed by atoms with Crippen molar-refractivity contribution in [2.45, 2.75) is 40.5 Å². The van der Waals surface area contributed by atoms with Gasteiger partial charge in [0.25, 0.3) is 0 Å². The first-order chi connectivity index (χ1) is 12.0. The Bertz CT molecular complexity index is 665. The van der Waals surface area contributed by atoms with E-state index in [1.54, 1.807) is 0 Å². The Morgan fingerprint density at radius 2 is 1.76 bits per heavy atom. The molecule has 0 unspecified atom stereocenters. The Morgan fingerprint density at radius 3 is 2.48 bits per heavy atom. The number of benzene rings is 2. The quantitative estimate of drug-likeness (QED) is 0.598. The van der Waals surface area contributed by atoms with E-state index in [1.807, 2.05) is 18.2 Å². The second-order valence-electron chi connectivity index (χ2n) is 7.20. The van der Waals surface area contributed by atoms with Crippen LogP contribution in [0.2, 0.25) is 0 Å². The van der Waals surface area contributed by atoms with Gasteiger partial charge in [0.2, 0.25) is 0 Å². The molecule has 0 aliphatic carbocycles. The van der Waals surface area contributed by atoms with Gasteiger partial charge in [-0.1, -0.05) is 45.9 Å². The summed E-state index contributed by atoms with van der Waals surface area (Å²) in [5, 5.41) is 3.40. The van der Waals surface area contributed by atoms with Gasteiger partial charge in [-0.3, -0.25) is 0 Å². The van der Waals surface area contributed by atoms with Gasteiger partial charge in [-0.2, -0.15) is 0 Å². The Labute approximate surface area is 152 Å². The lowest BCUT2D eigenvalue weighted by Crippen LogP contribution is -2.12. The minimum absolute atomic E-state index is 0.457. The average molecular weight is 341 g/mol. The van der Waals surface area contributed by atoms with Crippen molar-refractivity contribution in [1.82, 2.24) is 0 Å². The van der Waals surface area contributed by atoms with Gasteiger partial charge in [0.05, 0.1) is 6.61 Å². The molecule has 0 heterocycles. The molecule has 0 aliphatic heterocycles. The number of rotatable bonds is 9. The maximum atomic E-state index is 6.02.